The summed E-state index contributed by atoms with van der Waals surface area (Å²) < 4.78 is 9.66. The van der Waals surface area contributed by atoms with Crippen LogP contribution < -0.4 is 0 Å². The fourth-order valence-electron chi connectivity index (χ4n) is 2.89. The molecule has 0 aliphatic rings. The van der Waals surface area contributed by atoms with Gasteiger partial charge in [0, 0.05) is 19.0 Å². The number of nitrogens with zero attached hydrogens (tertiary/aromatic N) is 6. The van der Waals surface area contributed by atoms with Crippen LogP contribution in [0.5, 0.6) is 0 Å². The Morgan fingerprint density at radius 3 is 2.60 bits per heavy atom. The second-order valence-electron chi connectivity index (χ2n) is 5.72. The molecule has 0 amide bonds. The zero-order valence-corrected chi connectivity index (χ0v) is 14.1. The van der Waals surface area contributed by atoms with Crippen molar-refractivity contribution in [3.63, 3.8) is 0 Å². The summed E-state index contributed by atoms with van der Waals surface area (Å²) in [5, 5.41) is 8.01. The van der Waals surface area contributed by atoms with Crippen molar-refractivity contribution in [3.05, 3.63) is 61.0 Å². The summed E-state index contributed by atoms with van der Waals surface area (Å²) in [5.74, 6) is 1.11. The van der Waals surface area contributed by atoms with Crippen molar-refractivity contribution in [3.8, 4) is 22.6 Å². The monoisotopic (exact) mass is 334 g/mol. The first-order valence-electron chi connectivity index (χ1n) is 8.16. The van der Waals surface area contributed by atoms with E-state index in [9.17, 15) is 0 Å². The molecular formula is C18H18N6O. The molecule has 1 aromatic carbocycles. The molecule has 0 aliphatic carbocycles. The van der Waals surface area contributed by atoms with Gasteiger partial charge in [0.15, 0.2) is 0 Å². The van der Waals surface area contributed by atoms with E-state index in [0.29, 0.717) is 18.3 Å². The van der Waals surface area contributed by atoms with E-state index >= 15 is 0 Å². The molecule has 25 heavy (non-hydrogen) atoms. The summed E-state index contributed by atoms with van der Waals surface area (Å²) in [6.45, 7) is 5.17. The predicted octanol–water partition coefficient (Wildman–Crippen LogP) is 3.17. The molecule has 0 N–H and O–H groups in total. The van der Waals surface area contributed by atoms with E-state index in [1.54, 1.807) is 6.92 Å². The van der Waals surface area contributed by atoms with Gasteiger partial charge in [-0.05, 0) is 6.92 Å². The first-order chi connectivity index (χ1) is 12.3. The minimum atomic E-state index is 0.463. The summed E-state index contributed by atoms with van der Waals surface area (Å²) in [5.41, 5.74) is 3.96. The van der Waals surface area contributed by atoms with Crippen LogP contribution in [0.15, 0.2) is 53.6 Å². The van der Waals surface area contributed by atoms with E-state index in [0.717, 1.165) is 29.2 Å². The van der Waals surface area contributed by atoms with Crippen molar-refractivity contribution >= 4 is 0 Å². The summed E-state index contributed by atoms with van der Waals surface area (Å²) in [6.07, 6.45) is 5.50. The minimum absolute atomic E-state index is 0.463. The van der Waals surface area contributed by atoms with Gasteiger partial charge in [-0.25, -0.2) is 9.97 Å². The van der Waals surface area contributed by atoms with Gasteiger partial charge in [-0.2, -0.15) is 0 Å². The molecule has 7 nitrogen and oxygen atoms in total. The highest BCUT2D eigenvalue weighted by molar-refractivity contribution is 5.76. The molecule has 4 aromatic rings. The average Bonchev–Trinajstić information content (AvgIpc) is 3.35. The third-order valence-electron chi connectivity index (χ3n) is 4.05. The summed E-state index contributed by atoms with van der Waals surface area (Å²) in [4.78, 5) is 8.96. The largest absolute Gasteiger partial charge is 0.424 e. The highest BCUT2D eigenvalue weighted by atomic mass is 16.4. The predicted molar refractivity (Wildman–Crippen MR) is 92.7 cm³/mol. The molecule has 0 bridgehead atoms. The van der Waals surface area contributed by atoms with Gasteiger partial charge in [0.1, 0.15) is 6.54 Å². The quantitative estimate of drug-likeness (QED) is 0.560. The van der Waals surface area contributed by atoms with Crippen molar-refractivity contribution in [2.45, 2.75) is 26.9 Å². The van der Waals surface area contributed by atoms with Crippen molar-refractivity contribution in [2.75, 3.05) is 0 Å². The van der Waals surface area contributed by atoms with Gasteiger partial charge < -0.3 is 13.6 Å². The normalized spacial score (nSPS) is 11.1. The van der Waals surface area contributed by atoms with E-state index in [1.807, 2.05) is 41.6 Å². The highest BCUT2D eigenvalue weighted by Gasteiger charge is 2.19. The lowest BCUT2D eigenvalue weighted by Crippen LogP contribution is -2.05. The molecule has 0 atom stereocenters. The zero-order valence-electron chi connectivity index (χ0n) is 14.1. The standard InChI is InChI=1S/C18H18N6O/c1-3-23-11-19-9-15(23)18-17(14-7-5-4-6-8-14)20-12-24(18)10-16-22-21-13(2)25-16/h4-9,11-12H,3,10H2,1-2H3. The first-order valence-corrected chi connectivity index (χ1v) is 8.16. The Labute approximate surface area is 145 Å². The maximum Gasteiger partial charge on any atom is 0.236 e. The maximum absolute atomic E-state index is 5.54. The zero-order chi connectivity index (χ0) is 17.2. The number of aryl methyl sites for hydroxylation is 2. The van der Waals surface area contributed by atoms with Crippen LogP contribution in [-0.2, 0) is 13.1 Å². The Morgan fingerprint density at radius 1 is 1.04 bits per heavy atom. The Balaban J connectivity index is 1.86. The van der Waals surface area contributed by atoms with Gasteiger partial charge in [0.05, 0.1) is 35.9 Å². The number of rotatable bonds is 5. The maximum atomic E-state index is 5.54. The van der Waals surface area contributed by atoms with E-state index in [-0.39, 0.29) is 0 Å². The van der Waals surface area contributed by atoms with Crippen LogP contribution in [-0.4, -0.2) is 29.3 Å². The van der Waals surface area contributed by atoms with Crippen LogP contribution in [0.25, 0.3) is 22.6 Å². The Morgan fingerprint density at radius 2 is 1.88 bits per heavy atom. The van der Waals surface area contributed by atoms with Crippen molar-refractivity contribution < 1.29 is 4.42 Å². The van der Waals surface area contributed by atoms with Crippen LogP contribution >= 0.6 is 0 Å². The number of benzene rings is 1. The fraction of sp³-hybridized carbons (Fsp3) is 0.222. The lowest BCUT2D eigenvalue weighted by Gasteiger charge is -2.10. The number of aromatic nitrogens is 6. The van der Waals surface area contributed by atoms with E-state index in [4.69, 9.17) is 4.42 Å². The summed E-state index contributed by atoms with van der Waals surface area (Å²) in [7, 11) is 0. The van der Waals surface area contributed by atoms with Crippen LogP contribution in [0.4, 0.5) is 0 Å². The lowest BCUT2D eigenvalue weighted by atomic mass is 10.1. The van der Waals surface area contributed by atoms with E-state index in [1.165, 1.54) is 0 Å². The van der Waals surface area contributed by atoms with Crippen LogP contribution in [0.1, 0.15) is 18.7 Å². The number of hydrogen-bond acceptors (Lipinski definition) is 5. The van der Waals surface area contributed by atoms with E-state index < -0.39 is 0 Å². The minimum Gasteiger partial charge on any atom is -0.424 e. The van der Waals surface area contributed by atoms with Crippen molar-refractivity contribution in [1.29, 1.82) is 0 Å². The average molecular weight is 334 g/mol. The van der Waals surface area contributed by atoms with Crippen LogP contribution in [0.2, 0.25) is 0 Å². The molecule has 126 valence electrons. The van der Waals surface area contributed by atoms with Gasteiger partial charge in [-0.1, -0.05) is 30.3 Å². The van der Waals surface area contributed by atoms with Crippen LogP contribution in [0.3, 0.4) is 0 Å². The molecule has 0 spiro atoms. The van der Waals surface area contributed by atoms with Crippen LogP contribution in [0, 0.1) is 6.92 Å². The van der Waals surface area contributed by atoms with Crippen molar-refractivity contribution in [2.24, 2.45) is 0 Å². The van der Waals surface area contributed by atoms with E-state index in [2.05, 4.69) is 43.8 Å². The summed E-state index contributed by atoms with van der Waals surface area (Å²) in [6, 6.07) is 10.1. The Bertz CT molecular complexity index is 982. The van der Waals surface area contributed by atoms with Gasteiger partial charge in [0.2, 0.25) is 11.8 Å². The second-order valence-corrected chi connectivity index (χ2v) is 5.72. The first kappa shape index (κ1) is 15.3. The fourth-order valence-corrected chi connectivity index (χ4v) is 2.89. The topological polar surface area (TPSA) is 74.6 Å². The van der Waals surface area contributed by atoms with Gasteiger partial charge in [-0.3, -0.25) is 0 Å². The van der Waals surface area contributed by atoms with Gasteiger partial charge >= 0.3 is 0 Å². The molecule has 0 fully saturated rings. The Hall–Kier alpha value is -3.22. The number of imidazole rings is 2. The molecular weight excluding hydrogens is 316 g/mol. The smallest absolute Gasteiger partial charge is 0.236 e. The molecule has 4 rings (SSSR count). The second kappa shape index (κ2) is 6.35. The SMILES string of the molecule is CCn1cncc1-c1c(-c2ccccc2)ncn1Cc1nnc(C)o1. The molecule has 3 aromatic heterocycles. The highest BCUT2D eigenvalue weighted by Crippen LogP contribution is 2.31. The molecule has 3 heterocycles. The lowest BCUT2D eigenvalue weighted by molar-refractivity contribution is 0.455. The number of hydrogen-bond donors (Lipinski definition) is 0. The third-order valence-corrected chi connectivity index (χ3v) is 4.05. The molecule has 0 saturated heterocycles. The molecule has 0 aliphatic heterocycles. The summed E-state index contributed by atoms with van der Waals surface area (Å²) >= 11 is 0. The molecule has 0 saturated carbocycles. The third kappa shape index (κ3) is 2.84. The molecule has 0 radical (unpaired) electrons. The molecule has 7 heteroatoms. The molecule has 0 unspecified atom stereocenters. The van der Waals surface area contributed by atoms with Crippen molar-refractivity contribution in [1.82, 2.24) is 29.3 Å². The van der Waals surface area contributed by atoms with Gasteiger partial charge in [0.25, 0.3) is 0 Å². The Kier molecular flexibility index (Phi) is 3.89. The van der Waals surface area contributed by atoms with Gasteiger partial charge in [-0.15, -0.1) is 10.2 Å².